The number of aliphatic hydroxyl groups excluding tert-OH is 2. The van der Waals surface area contributed by atoms with Crippen LogP contribution in [-0.2, 0) is 0 Å². The fourth-order valence-electron chi connectivity index (χ4n) is 3.30. The van der Waals surface area contributed by atoms with Crippen molar-refractivity contribution in [2.45, 2.75) is 32.0 Å². The van der Waals surface area contributed by atoms with E-state index in [0.29, 0.717) is 16.5 Å². The van der Waals surface area contributed by atoms with E-state index in [4.69, 9.17) is 23.2 Å². The minimum atomic E-state index is -0.797. The van der Waals surface area contributed by atoms with Crippen LogP contribution in [0.1, 0.15) is 25.3 Å². The molecule has 0 saturated heterocycles. The van der Waals surface area contributed by atoms with E-state index in [1.54, 1.807) is 30.3 Å². The molecule has 0 aliphatic heterocycles. The van der Waals surface area contributed by atoms with Crippen molar-refractivity contribution in [2.24, 2.45) is 0 Å². The second-order valence-electron chi connectivity index (χ2n) is 7.12. The van der Waals surface area contributed by atoms with Crippen LogP contribution in [0.15, 0.2) is 66.7 Å². The summed E-state index contributed by atoms with van der Waals surface area (Å²) in [6.07, 6.45) is 2.95. The summed E-state index contributed by atoms with van der Waals surface area (Å²) >= 11 is 12.5. The van der Waals surface area contributed by atoms with Crippen LogP contribution in [0.25, 0.3) is 28.3 Å². The predicted molar refractivity (Wildman–Crippen MR) is 123 cm³/mol. The van der Waals surface area contributed by atoms with Crippen LogP contribution >= 0.6 is 23.2 Å². The van der Waals surface area contributed by atoms with E-state index in [0.717, 1.165) is 27.8 Å². The molecule has 30 heavy (non-hydrogen) atoms. The minimum absolute atomic E-state index is 0.253. The van der Waals surface area contributed by atoms with Gasteiger partial charge in [-0.05, 0) is 52.9 Å². The van der Waals surface area contributed by atoms with Crippen LogP contribution in [0.3, 0.4) is 0 Å². The molecule has 0 aliphatic rings. The maximum atomic E-state index is 13.4. The molecule has 3 aromatic rings. The van der Waals surface area contributed by atoms with Crippen LogP contribution in [0.2, 0.25) is 10.0 Å². The van der Waals surface area contributed by atoms with Gasteiger partial charge in [-0.2, -0.15) is 0 Å². The summed E-state index contributed by atoms with van der Waals surface area (Å²) in [5.74, 6) is -0.309. The number of rotatable bonds is 7. The van der Waals surface area contributed by atoms with Crippen molar-refractivity contribution < 1.29 is 14.6 Å². The van der Waals surface area contributed by atoms with Gasteiger partial charge in [-0.15, -0.1) is 0 Å². The third kappa shape index (κ3) is 5.50. The Morgan fingerprint density at radius 2 is 1.63 bits per heavy atom. The van der Waals surface area contributed by atoms with Gasteiger partial charge in [-0.25, -0.2) is 4.39 Å². The molecule has 0 fully saturated rings. The summed E-state index contributed by atoms with van der Waals surface area (Å²) in [6.45, 7) is 1.87. The largest absolute Gasteiger partial charge is 0.393 e. The fourth-order valence-corrected chi connectivity index (χ4v) is 3.81. The monoisotopic (exact) mass is 444 g/mol. The van der Waals surface area contributed by atoms with Gasteiger partial charge >= 0.3 is 0 Å². The zero-order chi connectivity index (χ0) is 21.7. The molecule has 0 saturated carbocycles. The lowest BCUT2D eigenvalue weighted by Crippen LogP contribution is -2.14. The number of benzene rings is 3. The third-order valence-corrected chi connectivity index (χ3v) is 5.50. The van der Waals surface area contributed by atoms with Gasteiger partial charge < -0.3 is 10.2 Å². The maximum absolute atomic E-state index is 13.4. The van der Waals surface area contributed by atoms with Gasteiger partial charge in [0.05, 0.1) is 12.2 Å². The first-order valence-corrected chi connectivity index (χ1v) is 10.5. The van der Waals surface area contributed by atoms with Gasteiger partial charge in [0.1, 0.15) is 5.82 Å². The van der Waals surface area contributed by atoms with Gasteiger partial charge in [0.25, 0.3) is 0 Å². The van der Waals surface area contributed by atoms with Crippen molar-refractivity contribution in [1.82, 2.24) is 0 Å². The lowest BCUT2D eigenvalue weighted by atomic mass is 9.91. The topological polar surface area (TPSA) is 40.5 Å². The molecule has 0 spiro atoms. The van der Waals surface area contributed by atoms with Crippen LogP contribution < -0.4 is 0 Å². The van der Waals surface area contributed by atoms with E-state index in [9.17, 15) is 14.6 Å². The normalized spacial score (nSPS) is 13.5. The Balaban J connectivity index is 2.12. The van der Waals surface area contributed by atoms with Crippen LogP contribution in [-0.4, -0.2) is 22.4 Å². The van der Waals surface area contributed by atoms with E-state index in [-0.39, 0.29) is 12.2 Å². The molecule has 2 N–H and O–H groups in total. The first-order valence-electron chi connectivity index (χ1n) is 9.77. The summed E-state index contributed by atoms with van der Waals surface area (Å²) in [5.41, 5.74) is 4.20. The highest BCUT2D eigenvalue weighted by Crippen LogP contribution is 2.37. The predicted octanol–water partition coefficient (Wildman–Crippen LogP) is 7.00. The third-order valence-electron chi connectivity index (χ3n) is 4.95. The number of halogens is 3. The average molecular weight is 445 g/mol. The summed E-state index contributed by atoms with van der Waals surface area (Å²) in [6, 6.07) is 17.4. The second-order valence-corrected chi connectivity index (χ2v) is 7.97. The lowest BCUT2D eigenvalue weighted by molar-refractivity contribution is 0.102. The molecule has 0 aromatic heterocycles. The van der Waals surface area contributed by atoms with E-state index in [1.807, 2.05) is 37.3 Å². The molecule has 2 atom stereocenters. The average Bonchev–Trinajstić information content (AvgIpc) is 2.72. The van der Waals surface area contributed by atoms with Crippen molar-refractivity contribution in [1.29, 1.82) is 0 Å². The van der Waals surface area contributed by atoms with Crippen molar-refractivity contribution >= 4 is 29.3 Å². The molecule has 0 heterocycles. The highest BCUT2D eigenvalue weighted by atomic mass is 35.5. The Bertz CT molecular complexity index is 1030. The zero-order valence-electron chi connectivity index (χ0n) is 16.5. The Labute approximate surface area is 186 Å². The van der Waals surface area contributed by atoms with Crippen molar-refractivity contribution in [3.63, 3.8) is 0 Å². The first kappa shape index (κ1) is 22.5. The van der Waals surface area contributed by atoms with Crippen LogP contribution in [0.5, 0.6) is 0 Å². The quantitative estimate of drug-likeness (QED) is 0.411. The summed E-state index contributed by atoms with van der Waals surface area (Å²) in [7, 11) is 0. The molecule has 5 heteroatoms. The molecule has 0 bridgehead atoms. The summed E-state index contributed by atoms with van der Waals surface area (Å²) in [5, 5.41) is 21.2. The maximum Gasteiger partial charge on any atom is 0.123 e. The van der Waals surface area contributed by atoms with Crippen molar-refractivity contribution in [3.05, 3.63) is 88.2 Å². The van der Waals surface area contributed by atoms with Gasteiger partial charge in [-0.3, -0.25) is 0 Å². The SMILES string of the molecule is CCC(O)CC(O)C=Cc1c(-c2ccc(F)cc2)cccc1-c1ccc(Cl)cc1Cl. The molecule has 156 valence electrons. The minimum Gasteiger partial charge on any atom is -0.393 e. The van der Waals surface area contributed by atoms with Crippen LogP contribution in [0.4, 0.5) is 4.39 Å². The van der Waals surface area contributed by atoms with Gasteiger partial charge in [0.2, 0.25) is 0 Å². The zero-order valence-corrected chi connectivity index (χ0v) is 18.0. The Morgan fingerprint density at radius 1 is 0.933 bits per heavy atom. The molecular formula is C25H23Cl2FO2. The molecule has 2 unspecified atom stereocenters. The fraction of sp³-hybridized carbons (Fsp3) is 0.200. The molecule has 3 aromatic carbocycles. The highest BCUT2D eigenvalue weighted by molar-refractivity contribution is 6.36. The molecule has 0 amide bonds. The Hall–Kier alpha value is -2.17. The van der Waals surface area contributed by atoms with E-state index in [1.165, 1.54) is 12.1 Å². The molecule has 0 radical (unpaired) electrons. The van der Waals surface area contributed by atoms with Gasteiger partial charge in [0, 0.05) is 22.0 Å². The molecular weight excluding hydrogens is 422 g/mol. The van der Waals surface area contributed by atoms with Crippen LogP contribution in [0, 0.1) is 5.82 Å². The van der Waals surface area contributed by atoms with Crippen molar-refractivity contribution in [2.75, 3.05) is 0 Å². The van der Waals surface area contributed by atoms with Gasteiger partial charge in [0.15, 0.2) is 0 Å². The lowest BCUT2D eigenvalue weighted by Gasteiger charge is -2.15. The standard InChI is InChI=1S/C25H23Cl2FO2/c1-2-19(29)15-20(30)11-13-23-21(16-6-9-18(28)10-7-16)4-3-5-22(23)24-12-8-17(26)14-25(24)27/h3-14,19-20,29-30H,2,15H2,1H3. The number of hydrogen-bond acceptors (Lipinski definition) is 2. The van der Waals surface area contributed by atoms with E-state index >= 15 is 0 Å². The van der Waals surface area contributed by atoms with E-state index < -0.39 is 12.2 Å². The number of aliphatic hydroxyl groups is 2. The smallest absolute Gasteiger partial charge is 0.123 e. The first-order chi connectivity index (χ1) is 14.4. The molecule has 2 nitrogen and oxygen atoms in total. The van der Waals surface area contributed by atoms with Crippen molar-refractivity contribution in [3.8, 4) is 22.3 Å². The Morgan fingerprint density at radius 3 is 2.30 bits per heavy atom. The number of hydrogen-bond donors (Lipinski definition) is 2. The Kier molecular flexibility index (Phi) is 7.68. The van der Waals surface area contributed by atoms with E-state index in [2.05, 4.69) is 0 Å². The molecule has 0 aliphatic carbocycles. The molecule has 3 rings (SSSR count). The highest BCUT2D eigenvalue weighted by Gasteiger charge is 2.14. The summed E-state index contributed by atoms with van der Waals surface area (Å²) < 4.78 is 13.4. The van der Waals surface area contributed by atoms with Gasteiger partial charge in [-0.1, -0.05) is 78.7 Å². The summed E-state index contributed by atoms with van der Waals surface area (Å²) in [4.78, 5) is 0. The second kappa shape index (κ2) is 10.2.